The van der Waals surface area contributed by atoms with Crippen molar-refractivity contribution in [1.82, 2.24) is 9.38 Å². The monoisotopic (exact) mass is 484 g/mol. The number of ether oxygens (including phenoxy) is 1. The molecule has 0 radical (unpaired) electrons. The molecule has 35 heavy (non-hydrogen) atoms. The average molecular weight is 485 g/mol. The van der Waals surface area contributed by atoms with Crippen LogP contribution in [0.15, 0.2) is 77.2 Å². The fourth-order valence-corrected chi connectivity index (χ4v) is 3.55. The number of anilines is 1. The third-order valence-electron chi connectivity index (χ3n) is 5.35. The van der Waals surface area contributed by atoms with Gasteiger partial charge in [-0.25, -0.2) is 0 Å². The van der Waals surface area contributed by atoms with Crippen LogP contribution in [0.1, 0.15) is 23.6 Å². The second-order valence-electron chi connectivity index (χ2n) is 7.75. The molecule has 0 atom stereocenters. The number of aromatic nitrogens is 2. The zero-order valence-electron chi connectivity index (χ0n) is 19.1. The normalized spacial score (nSPS) is 11.2. The number of benzene rings is 2. The number of pyridine rings is 1. The maximum atomic E-state index is 13.4. The fourth-order valence-electron chi connectivity index (χ4n) is 3.42. The number of carbonyl (C=O) groups is 1. The molecule has 4 aromatic rings. The Morgan fingerprint density at radius 3 is 2.54 bits per heavy atom. The van der Waals surface area contributed by atoms with Crippen LogP contribution in [0.3, 0.4) is 0 Å². The molecule has 0 unspecified atom stereocenters. The maximum Gasteiger partial charge on any atom is 0.269 e. The molecule has 0 spiro atoms. The summed E-state index contributed by atoms with van der Waals surface area (Å²) in [6, 6.07) is 19.3. The Morgan fingerprint density at radius 2 is 1.89 bits per heavy atom. The van der Waals surface area contributed by atoms with Gasteiger partial charge in [0.25, 0.3) is 11.5 Å². The summed E-state index contributed by atoms with van der Waals surface area (Å²) < 4.78 is 7.35. The molecule has 0 aliphatic rings. The van der Waals surface area contributed by atoms with E-state index in [-0.39, 0.29) is 17.0 Å². The lowest BCUT2D eigenvalue weighted by Crippen LogP contribution is -2.20. The quantitative estimate of drug-likeness (QED) is 0.285. The number of carbonyl (C=O) groups excluding carboxylic acids is 1. The van der Waals surface area contributed by atoms with Crippen LogP contribution in [0, 0.1) is 18.3 Å². The van der Waals surface area contributed by atoms with E-state index in [1.807, 2.05) is 38.1 Å². The summed E-state index contributed by atoms with van der Waals surface area (Å²) in [5, 5.41) is 12.8. The lowest BCUT2D eigenvalue weighted by molar-refractivity contribution is -0.112. The van der Waals surface area contributed by atoms with Crippen molar-refractivity contribution in [3.05, 3.63) is 105 Å². The summed E-state index contributed by atoms with van der Waals surface area (Å²) in [5.74, 6) is -0.201. The standard InChI is InChI=1S/C27H21ClN4O3/c1-3-18-6-12-22(13-7-18)35-26-23(27(34)32-14-4-5-17(2)24(32)31-26)15-19(16-29)25(33)30-21-10-8-20(28)9-11-21/h4-15H,3H2,1-2H3,(H,30,33)/b19-15-. The van der Waals surface area contributed by atoms with Crippen LogP contribution in [0.2, 0.25) is 5.02 Å². The van der Waals surface area contributed by atoms with Crippen LogP contribution < -0.4 is 15.6 Å². The van der Waals surface area contributed by atoms with Gasteiger partial charge >= 0.3 is 0 Å². The first kappa shape index (κ1) is 23.7. The lowest BCUT2D eigenvalue weighted by Gasteiger charge is -2.12. The van der Waals surface area contributed by atoms with E-state index in [0.717, 1.165) is 17.5 Å². The second kappa shape index (κ2) is 10.2. The Labute approximate surface area is 206 Å². The van der Waals surface area contributed by atoms with Gasteiger partial charge in [-0.3, -0.25) is 14.0 Å². The molecular weight excluding hydrogens is 464 g/mol. The number of nitrogens with one attached hydrogen (secondary N) is 1. The zero-order chi connectivity index (χ0) is 24.9. The van der Waals surface area contributed by atoms with Gasteiger partial charge in [-0.15, -0.1) is 0 Å². The molecule has 0 aliphatic heterocycles. The van der Waals surface area contributed by atoms with Gasteiger partial charge in [0.05, 0.1) is 0 Å². The smallest absolute Gasteiger partial charge is 0.269 e. The highest BCUT2D eigenvalue weighted by molar-refractivity contribution is 6.30. The van der Waals surface area contributed by atoms with Crippen molar-refractivity contribution in [2.24, 2.45) is 0 Å². The van der Waals surface area contributed by atoms with E-state index in [4.69, 9.17) is 16.3 Å². The SMILES string of the molecule is CCc1ccc(Oc2nc3c(C)cccn3c(=O)c2/C=C(/C#N)C(=O)Nc2ccc(Cl)cc2)cc1. The number of nitrogens with zero attached hydrogens (tertiary/aromatic N) is 3. The van der Waals surface area contributed by atoms with Crippen LogP contribution in [0.4, 0.5) is 5.69 Å². The summed E-state index contributed by atoms with van der Waals surface area (Å²) >= 11 is 5.89. The van der Waals surface area contributed by atoms with Gasteiger partial charge in [0.2, 0.25) is 5.88 Å². The first-order chi connectivity index (χ1) is 16.9. The minimum Gasteiger partial charge on any atom is -0.438 e. The predicted molar refractivity (Wildman–Crippen MR) is 136 cm³/mol. The topological polar surface area (TPSA) is 96.5 Å². The number of halogens is 1. The maximum absolute atomic E-state index is 13.4. The molecule has 2 heterocycles. The van der Waals surface area contributed by atoms with Crippen LogP contribution >= 0.6 is 11.6 Å². The van der Waals surface area contributed by atoms with Crippen molar-refractivity contribution in [1.29, 1.82) is 5.26 Å². The minimum atomic E-state index is -0.679. The fraction of sp³-hybridized carbons (Fsp3) is 0.111. The van der Waals surface area contributed by atoms with Crippen LogP contribution in [0.5, 0.6) is 11.6 Å². The summed E-state index contributed by atoms with van der Waals surface area (Å²) in [7, 11) is 0. The summed E-state index contributed by atoms with van der Waals surface area (Å²) in [6.45, 7) is 3.88. The third-order valence-corrected chi connectivity index (χ3v) is 5.60. The van der Waals surface area contributed by atoms with E-state index in [0.29, 0.717) is 22.1 Å². The molecule has 0 saturated carbocycles. The number of amides is 1. The molecule has 0 bridgehead atoms. The first-order valence-corrected chi connectivity index (χ1v) is 11.2. The van der Waals surface area contributed by atoms with Crippen molar-refractivity contribution in [3.63, 3.8) is 0 Å². The summed E-state index contributed by atoms with van der Waals surface area (Å²) in [6.07, 6.45) is 3.65. The van der Waals surface area contributed by atoms with Gasteiger partial charge in [0.1, 0.15) is 28.6 Å². The first-order valence-electron chi connectivity index (χ1n) is 10.9. The van der Waals surface area contributed by atoms with Gasteiger partial charge in [-0.1, -0.05) is 36.7 Å². The zero-order valence-corrected chi connectivity index (χ0v) is 19.8. The van der Waals surface area contributed by atoms with Gasteiger partial charge < -0.3 is 10.1 Å². The summed E-state index contributed by atoms with van der Waals surface area (Å²) in [4.78, 5) is 30.8. The molecule has 0 saturated heterocycles. The van der Waals surface area contributed by atoms with Gasteiger partial charge in [-0.2, -0.15) is 10.2 Å². The Balaban J connectivity index is 1.80. The number of rotatable bonds is 6. The van der Waals surface area contributed by atoms with E-state index < -0.39 is 11.5 Å². The molecule has 2 aromatic heterocycles. The Kier molecular flexibility index (Phi) is 6.95. The van der Waals surface area contributed by atoms with Crippen molar-refractivity contribution < 1.29 is 9.53 Å². The van der Waals surface area contributed by atoms with E-state index in [9.17, 15) is 14.9 Å². The minimum absolute atomic E-state index is 0.000548. The Bertz CT molecular complexity index is 1530. The van der Waals surface area contributed by atoms with Gasteiger partial charge in [0.15, 0.2) is 0 Å². The molecule has 1 N–H and O–H groups in total. The van der Waals surface area contributed by atoms with Crippen molar-refractivity contribution in [2.75, 3.05) is 5.32 Å². The molecule has 7 nitrogen and oxygen atoms in total. The highest BCUT2D eigenvalue weighted by atomic mass is 35.5. The Hall–Kier alpha value is -4.41. The van der Waals surface area contributed by atoms with Crippen LogP contribution in [-0.2, 0) is 11.2 Å². The lowest BCUT2D eigenvalue weighted by atomic mass is 10.1. The number of fused-ring (bicyclic) bond motifs is 1. The number of hydrogen-bond donors (Lipinski definition) is 1. The predicted octanol–water partition coefficient (Wildman–Crippen LogP) is 5.56. The largest absolute Gasteiger partial charge is 0.438 e. The van der Waals surface area contributed by atoms with Crippen LogP contribution in [0.25, 0.3) is 11.7 Å². The van der Waals surface area contributed by atoms with E-state index in [1.54, 1.807) is 48.7 Å². The molecule has 8 heteroatoms. The highest BCUT2D eigenvalue weighted by Crippen LogP contribution is 2.25. The Morgan fingerprint density at radius 1 is 1.17 bits per heavy atom. The number of hydrogen-bond acceptors (Lipinski definition) is 5. The molecule has 0 aliphatic carbocycles. The number of nitriles is 1. The van der Waals surface area contributed by atoms with Crippen LogP contribution in [-0.4, -0.2) is 15.3 Å². The molecule has 4 rings (SSSR count). The van der Waals surface area contributed by atoms with Crippen molar-refractivity contribution in [2.45, 2.75) is 20.3 Å². The van der Waals surface area contributed by atoms with Gasteiger partial charge in [-0.05, 0) is 73.0 Å². The molecule has 0 fully saturated rings. The molecule has 174 valence electrons. The molecular formula is C27H21ClN4O3. The molecule has 1 amide bonds. The van der Waals surface area contributed by atoms with Crippen molar-refractivity contribution >= 4 is 34.9 Å². The van der Waals surface area contributed by atoms with Gasteiger partial charge in [0, 0.05) is 16.9 Å². The van der Waals surface area contributed by atoms with E-state index in [2.05, 4.69) is 10.3 Å². The summed E-state index contributed by atoms with van der Waals surface area (Å²) in [5.41, 5.74) is 2.01. The number of aryl methyl sites for hydroxylation is 2. The van der Waals surface area contributed by atoms with Crippen molar-refractivity contribution in [3.8, 4) is 17.7 Å². The third kappa shape index (κ3) is 5.24. The van der Waals surface area contributed by atoms with E-state index in [1.165, 1.54) is 10.5 Å². The second-order valence-corrected chi connectivity index (χ2v) is 8.19. The molecule has 2 aromatic carbocycles. The highest BCUT2D eigenvalue weighted by Gasteiger charge is 2.18. The average Bonchev–Trinajstić information content (AvgIpc) is 2.86. The van der Waals surface area contributed by atoms with E-state index >= 15 is 0 Å².